The summed E-state index contributed by atoms with van der Waals surface area (Å²) in [6.07, 6.45) is 5.34. The minimum absolute atomic E-state index is 0.0869. The first kappa shape index (κ1) is 19.6. The normalized spacial score (nSPS) is 13.9. The number of halogens is 1. The molecule has 0 spiro atoms. The van der Waals surface area contributed by atoms with Gasteiger partial charge < -0.3 is 10.2 Å². The zero-order chi connectivity index (χ0) is 20.1. The molecule has 3 aromatic rings. The molecule has 1 aromatic heterocycles. The van der Waals surface area contributed by atoms with Gasteiger partial charge in [-0.2, -0.15) is 0 Å². The minimum Gasteiger partial charge on any atom is -0.357 e. The Bertz CT molecular complexity index is 967. The molecule has 0 saturated carbocycles. The summed E-state index contributed by atoms with van der Waals surface area (Å²) in [4.78, 5) is 23.6. The number of nitrogens with one attached hydrogen (secondary N) is 1. The maximum atomic E-state index is 12.4. The molecular formula is C23H23BrN4O. The fourth-order valence-corrected chi connectivity index (χ4v) is 3.74. The molecule has 29 heavy (non-hydrogen) atoms. The Labute approximate surface area is 179 Å². The van der Waals surface area contributed by atoms with Crippen LogP contribution in [0.5, 0.6) is 0 Å². The topological polar surface area (TPSA) is 58.1 Å². The molecule has 6 heteroatoms. The maximum absolute atomic E-state index is 12.4. The van der Waals surface area contributed by atoms with Crippen molar-refractivity contribution < 1.29 is 4.79 Å². The second-order valence-electron chi connectivity index (χ2n) is 7.20. The summed E-state index contributed by atoms with van der Waals surface area (Å²) in [5.41, 5.74) is 3.55. The number of hydrogen-bond acceptors (Lipinski definition) is 4. The van der Waals surface area contributed by atoms with Crippen LogP contribution in [-0.4, -0.2) is 29.0 Å². The number of carbonyl (C=O) groups is 1. The predicted octanol–water partition coefficient (Wildman–Crippen LogP) is 4.83. The van der Waals surface area contributed by atoms with Crippen LogP contribution >= 0.6 is 15.9 Å². The number of nitrogens with zero attached hydrogens (tertiary/aromatic N) is 3. The van der Waals surface area contributed by atoms with Gasteiger partial charge in [-0.05, 0) is 49.1 Å². The standard InChI is InChI=1S/C23H23BrN4O/c24-20-10-4-17(5-11-20)15-25-23(29)19-8-6-18(7-9-19)21-14-22(27-16-26-21)28-12-2-1-3-13-28/h4-11,14,16H,1-3,12-13,15H2,(H,25,29). The van der Waals surface area contributed by atoms with Crippen molar-refractivity contribution in [3.05, 3.63) is 76.5 Å². The van der Waals surface area contributed by atoms with Crippen LogP contribution in [-0.2, 0) is 6.54 Å². The first-order chi connectivity index (χ1) is 14.2. The zero-order valence-electron chi connectivity index (χ0n) is 16.1. The highest BCUT2D eigenvalue weighted by atomic mass is 79.9. The molecule has 148 valence electrons. The maximum Gasteiger partial charge on any atom is 0.251 e. The van der Waals surface area contributed by atoms with Gasteiger partial charge in [-0.3, -0.25) is 4.79 Å². The summed E-state index contributed by atoms with van der Waals surface area (Å²) in [7, 11) is 0. The van der Waals surface area contributed by atoms with Crippen LogP contribution in [0.2, 0.25) is 0 Å². The number of carbonyl (C=O) groups excluding carboxylic acids is 1. The summed E-state index contributed by atoms with van der Waals surface area (Å²) >= 11 is 3.42. The molecule has 0 bridgehead atoms. The zero-order valence-corrected chi connectivity index (χ0v) is 17.7. The molecule has 0 aliphatic carbocycles. The average Bonchev–Trinajstić information content (AvgIpc) is 2.79. The van der Waals surface area contributed by atoms with Gasteiger partial charge in [0.1, 0.15) is 12.1 Å². The Balaban J connectivity index is 1.42. The Morgan fingerprint density at radius 3 is 2.41 bits per heavy atom. The van der Waals surface area contributed by atoms with E-state index in [1.54, 1.807) is 6.33 Å². The van der Waals surface area contributed by atoms with Gasteiger partial charge in [0.2, 0.25) is 0 Å². The Kier molecular flexibility index (Phi) is 6.20. The van der Waals surface area contributed by atoms with Crippen molar-refractivity contribution in [1.29, 1.82) is 0 Å². The van der Waals surface area contributed by atoms with Crippen LogP contribution in [0, 0.1) is 0 Å². The third-order valence-corrected chi connectivity index (χ3v) is 5.67. The molecule has 1 aliphatic heterocycles. The number of benzene rings is 2. The third-order valence-electron chi connectivity index (χ3n) is 5.14. The van der Waals surface area contributed by atoms with Gasteiger partial charge in [0, 0.05) is 41.3 Å². The lowest BCUT2D eigenvalue weighted by Gasteiger charge is -2.27. The van der Waals surface area contributed by atoms with E-state index in [-0.39, 0.29) is 5.91 Å². The first-order valence-electron chi connectivity index (χ1n) is 9.89. The molecule has 1 N–H and O–H groups in total. The number of amides is 1. The number of aromatic nitrogens is 2. The number of piperidine rings is 1. The lowest BCUT2D eigenvalue weighted by Crippen LogP contribution is -2.30. The lowest BCUT2D eigenvalue weighted by atomic mass is 10.1. The molecule has 0 radical (unpaired) electrons. The van der Waals surface area contributed by atoms with Crippen molar-refractivity contribution in [2.24, 2.45) is 0 Å². The van der Waals surface area contributed by atoms with E-state index in [9.17, 15) is 4.79 Å². The van der Waals surface area contributed by atoms with Crippen LogP contribution in [0.15, 0.2) is 65.4 Å². The quantitative estimate of drug-likeness (QED) is 0.604. The largest absolute Gasteiger partial charge is 0.357 e. The Morgan fingerprint density at radius 1 is 0.966 bits per heavy atom. The smallest absolute Gasteiger partial charge is 0.251 e. The fourth-order valence-electron chi connectivity index (χ4n) is 3.48. The van der Waals surface area contributed by atoms with Crippen LogP contribution in [0.1, 0.15) is 35.2 Å². The van der Waals surface area contributed by atoms with Crippen LogP contribution in [0.3, 0.4) is 0 Å². The third kappa shape index (κ3) is 5.01. The number of anilines is 1. The second kappa shape index (κ2) is 9.18. The van der Waals surface area contributed by atoms with Gasteiger partial charge in [-0.1, -0.05) is 40.2 Å². The van der Waals surface area contributed by atoms with Crippen molar-refractivity contribution in [2.45, 2.75) is 25.8 Å². The predicted molar refractivity (Wildman–Crippen MR) is 119 cm³/mol. The summed E-state index contributed by atoms with van der Waals surface area (Å²) in [6.45, 7) is 2.60. The van der Waals surface area contributed by atoms with Crippen LogP contribution < -0.4 is 10.2 Å². The summed E-state index contributed by atoms with van der Waals surface area (Å²) < 4.78 is 1.02. The molecular weight excluding hydrogens is 428 g/mol. The molecule has 0 atom stereocenters. The lowest BCUT2D eigenvalue weighted by molar-refractivity contribution is 0.0951. The highest BCUT2D eigenvalue weighted by Gasteiger charge is 2.13. The molecule has 2 heterocycles. The van der Waals surface area contributed by atoms with Crippen molar-refractivity contribution in [3.8, 4) is 11.3 Å². The summed E-state index contributed by atoms with van der Waals surface area (Å²) in [5.74, 6) is 0.891. The van der Waals surface area contributed by atoms with Gasteiger partial charge in [0.15, 0.2) is 0 Å². The first-order valence-corrected chi connectivity index (χ1v) is 10.7. The molecule has 1 aliphatic rings. The second-order valence-corrected chi connectivity index (χ2v) is 8.11. The van der Waals surface area contributed by atoms with Gasteiger partial charge in [0.05, 0.1) is 5.69 Å². The van der Waals surface area contributed by atoms with Gasteiger partial charge in [0.25, 0.3) is 5.91 Å². The van der Waals surface area contributed by atoms with Crippen LogP contribution in [0.25, 0.3) is 11.3 Å². The average molecular weight is 451 g/mol. The molecule has 5 nitrogen and oxygen atoms in total. The van der Waals surface area contributed by atoms with Crippen molar-refractivity contribution in [1.82, 2.24) is 15.3 Å². The van der Waals surface area contributed by atoms with Crippen molar-refractivity contribution in [2.75, 3.05) is 18.0 Å². The van der Waals surface area contributed by atoms with E-state index in [0.29, 0.717) is 12.1 Å². The SMILES string of the molecule is O=C(NCc1ccc(Br)cc1)c1ccc(-c2cc(N3CCCCC3)ncn2)cc1. The molecule has 1 amide bonds. The van der Waals surface area contributed by atoms with E-state index in [1.165, 1.54) is 19.3 Å². The Morgan fingerprint density at radius 2 is 1.69 bits per heavy atom. The number of rotatable bonds is 5. The van der Waals surface area contributed by atoms with Crippen molar-refractivity contribution in [3.63, 3.8) is 0 Å². The Hall–Kier alpha value is -2.73. The van der Waals surface area contributed by atoms with E-state index in [2.05, 4.69) is 36.1 Å². The summed E-state index contributed by atoms with van der Waals surface area (Å²) in [5, 5.41) is 2.96. The van der Waals surface area contributed by atoms with E-state index < -0.39 is 0 Å². The highest BCUT2D eigenvalue weighted by Crippen LogP contribution is 2.23. The molecule has 2 aromatic carbocycles. The monoisotopic (exact) mass is 450 g/mol. The molecule has 0 unspecified atom stereocenters. The van der Waals surface area contributed by atoms with Crippen LogP contribution in [0.4, 0.5) is 5.82 Å². The molecule has 4 rings (SSSR count). The van der Waals surface area contributed by atoms with Gasteiger partial charge >= 0.3 is 0 Å². The minimum atomic E-state index is -0.0869. The highest BCUT2D eigenvalue weighted by molar-refractivity contribution is 9.10. The number of hydrogen-bond donors (Lipinski definition) is 1. The van der Waals surface area contributed by atoms with E-state index >= 15 is 0 Å². The molecule has 1 saturated heterocycles. The van der Waals surface area contributed by atoms with Gasteiger partial charge in [-0.15, -0.1) is 0 Å². The van der Waals surface area contributed by atoms with E-state index in [1.807, 2.05) is 54.6 Å². The fraction of sp³-hybridized carbons (Fsp3) is 0.261. The van der Waals surface area contributed by atoms with Gasteiger partial charge in [-0.25, -0.2) is 9.97 Å². The molecule has 1 fully saturated rings. The van der Waals surface area contributed by atoms with Crippen molar-refractivity contribution >= 4 is 27.7 Å². The summed E-state index contributed by atoms with van der Waals surface area (Å²) in [6, 6.07) is 17.5. The van der Waals surface area contributed by atoms with E-state index in [4.69, 9.17) is 0 Å². The van der Waals surface area contributed by atoms with E-state index in [0.717, 1.165) is 40.2 Å².